The molecule has 30 heavy (non-hydrogen) atoms. The lowest BCUT2D eigenvalue weighted by Gasteiger charge is -2.26. The van der Waals surface area contributed by atoms with Crippen LogP contribution in [0.3, 0.4) is 0 Å². The average molecular weight is 420 g/mol. The van der Waals surface area contributed by atoms with Gasteiger partial charge in [-0.25, -0.2) is 19.9 Å². The predicted molar refractivity (Wildman–Crippen MR) is 103 cm³/mol. The van der Waals surface area contributed by atoms with Crippen molar-refractivity contribution in [1.29, 1.82) is 0 Å². The zero-order chi connectivity index (χ0) is 21.1. The second kappa shape index (κ2) is 8.27. The van der Waals surface area contributed by atoms with Crippen LogP contribution in [0.2, 0.25) is 0 Å². The van der Waals surface area contributed by atoms with E-state index in [1.54, 1.807) is 12.3 Å². The first-order valence-electron chi connectivity index (χ1n) is 9.41. The van der Waals surface area contributed by atoms with Gasteiger partial charge in [-0.2, -0.15) is 0 Å². The smallest absolute Gasteiger partial charge is 0.406 e. The van der Waals surface area contributed by atoms with Gasteiger partial charge in [0.25, 0.3) is 0 Å². The maximum atomic E-state index is 12.5. The SMILES string of the molecule is O[C@H]1CC[C@H](Nc2ncc3ncnc(Nc4cccc(OC(F)(F)F)c4)c3n2)CC1. The minimum absolute atomic E-state index is 0.156. The number of nitrogens with zero attached hydrogens (tertiary/aromatic N) is 4. The molecule has 1 fully saturated rings. The molecule has 158 valence electrons. The lowest BCUT2D eigenvalue weighted by molar-refractivity contribution is -0.274. The van der Waals surface area contributed by atoms with Crippen LogP contribution in [-0.4, -0.2) is 43.6 Å². The van der Waals surface area contributed by atoms with Crippen LogP contribution in [0.4, 0.5) is 30.6 Å². The van der Waals surface area contributed by atoms with Gasteiger partial charge in [-0.15, -0.1) is 13.2 Å². The van der Waals surface area contributed by atoms with Crippen molar-refractivity contribution < 1.29 is 23.0 Å². The number of rotatable bonds is 5. The summed E-state index contributed by atoms with van der Waals surface area (Å²) in [6, 6.07) is 5.61. The van der Waals surface area contributed by atoms with Crippen LogP contribution < -0.4 is 15.4 Å². The lowest BCUT2D eigenvalue weighted by atomic mass is 9.93. The second-order valence-electron chi connectivity index (χ2n) is 7.00. The summed E-state index contributed by atoms with van der Waals surface area (Å²) in [4.78, 5) is 17.1. The zero-order valence-corrected chi connectivity index (χ0v) is 15.7. The molecule has 2 aromatic heterocycles. The third kappa shape index (κ3) is 5.03. The van der Waals surface area contributed by atoms with Crippen molar-refractivity contribution in [2.24, 2.45) is 0 Å². The van der Waals surface area contributed by atoms with E-state index >= 15 is 0 Å². The van der Waals surface area contributed by atoms with Gasteiger partial charge in [0.2, 0.25) is 5.95 Å². The van der Waals surface area contributed by atoms with Gasteiger partial charge < -0.3 is 20.5 Å². The molecule has 1 aliphatic carbocycles. The van der Waals surface area contributed by atoms with Crippen LogP contribution >= 0.6 is 0 Å². The van der Waals surface area contributed by atoms with Crippen molar-refractivity contribution in [3.8, 4) is 5.75 Å². The Morgan fingerprint density at radius 1 is 1.07 bits per heavy atom. The Hall–Kier alpha value is -3.21. The molecule has 8 nitrogen and oxygen atoms in total. The Balaban J connectivity index is 1.56. The van der Waals surface area contributed by atoms with E-state index < -0.39 is 6.36 Å². The van der Waals surface area contributed by atoms with Gasteiger partial charge in [-0.3, -0.25) is 0 Å². The summed E-state index contributed by atoms with van der Waals surface area (Å²) < 4.78 is 41.3. The lowest BCUT2D eigenvalue weighted by Crippen LogP contribution is -2.28. The largest absolute Gasteiger partial charge is 0.573 e. The van der Waals surface area contributed by atoms with Gasteiger partial charge >= 0.3 is 6.36 Å². The average Bonchev–Trinajstić information content (AvgIpc) is 2.69. The summed E-state index contributed by atoms with van der Waals surface area (Å²) in [5.74, 6) is 0.381. The van der Waals surface area contributed by atoms with Crippen LogP contribution in [0.25, 0.3) is 11.0 Å². The summed E-state index contributed by atoms with van der Waals surface area (Å²) >= 11 is 0. The fourth-order valence-electron chi connectivity index (χ4n) is 3.33. The third-order valence-corrected chi connectivity index (χ3v) is 4.74. The van der Waals surface area contributed by atoms with Gasteiger partial charge in [-0.05, 0) is 37.8 Å². The number of hydrogen-bond donors (Lipinski definition) is 3. The molecule has 0 amide bonds. The first-order chi connectivity index (χ1) is 14.4. The van der Waals surface area contributed by atoms with E-state index in [9.17, 15) is 18.3 Å². The summed E-state index contributed by atoms with van der Waals surface area (Å²) in [6.07, 6.45) is 0.897. The Kier molecular flexibility index (Phi) is 5.53. The molecule has 1 saturated carbocycles. The normalized spacial score (nSPS) is 19.5. The van der Waals surface area contributed by atoms with Crippen molar-refractivity contribution in [3.63, 3.8) is 0 Å². The van der Waals surface area contributed by atoms with E-state index in [0.717, 1.165) is 25.7 Å². The number of aliphatic hydroxyl groups is 1. The number of fused-ring (bicyclic) bond motifs is 1. The predicted octanol–water partition coefficient (Wildman–Crippen LogP) is 3.78. The highest BCUT2D eigenvalue weighted by Crippen LogP contribution is 2.28. The summed E-state index contributed by atoms with van der Waals surface area (Å²) in [5, 5.41) is 15.9. The third-order valence-electron chi connectivity index (χ3n) is 4.74. The number of alkyl halides is 3. The molecular formula is C19H19F3N6O2. The molecule has 0 spiro atoms. The molecule has 2 heterocycles. The maximum Gasteiger partial charge on any atom is 0.573 e. The first-order valence-corrected chi connectivity index (χ1v) is 9.41. The van der Waals surface area contributed by atoms with E-state index in [0.29, 0.717) is 28.5 Å². The van der Waals surface area contributed by atoms with Crippen LogP contribution in [0.1, 0.15) is 25.7 Å². The monoisotopic (exact) mass is 420 g/mol. The number of anilines is 3. The first kappa shape index (κ1) is 20.1. The van der Waals surface area contributed by atoms with Gasteiger partial charge in [-0.1, -0.05) is 6.07 Å². The Bertz CT molecular complexity index is 1020. The number of nitrogens with one attached hydrogen (secondary N) is 2. The molecule has 1 aromatic carbocycles. The molecule has 0 bridgehead atoms. The van der Waals surface area contributed by atoms with E-state index in [4.69, 9.17) is 0 Å². The highest BCUT2D eigenvalue weighted by atomic mass is 19.4. The van der Waals surface area contributed by atoms with Crippen molar-refractivity contribution in [1.82, 2.24) is 19.9 Å². The molecule has 0 atom stereocenters. The second-order valence-corrected chi connectivity index (χ2v) is 7.00. The Morgan fingerprint density at radius 2 is 1.87 bits per heavy atom. The number of benzene rings is 1. The van der Waals surface area contributed by atoms with E-state index in [2.05, 4.69) is 35.3 Å². The molecule has 4 rings (SSSR count). The van der Waals surface area contributed by atoms with Gasteiger partial charge in [0.1, 0.15) is 23.1 Å². The fraction of sp³-hybridized carbons (Fsp3) is 0.368. The number of ether oxygens (including phenoxy) is 1. The standard InChI is InChI=1S/C19H19F3N6O2/c20-19(21,22)30-14-3-1-2-12(8-14)26-17-16-15(24-10-25-17)9-23-18(28-16)27-11-4-6-13(29)7-5-11/h1-3,8-11,13,29H,4-7H2,(H,23,27,28)(H,24,25,26)/t11-,13-. The van der Waals surface area contributed by atoms with E-state index in [1.165, 1.54) is 24.5 Å². The molecule has 0 unspecified atom stereocenters. The van der Waals surface area contributed by atoms with Crippen LogP contribution in [0.5, 0.6) is 5.75 Å². The van der Waals surface area contributed by atoms with Gasteiger partial charge in [0.05, 0.1) is 12.3 Å². The van der Waals surface area contributed by atoms with Crippen molar-refractivity contribution in [2.75, 3.05) is 10.6 Å². The van der Waals surface area contributed by atoms with Crippen LogP contribution in [0, 0.1) is 0 Å². The summed E-state index contributed by atoms with van der Waals surface area (Å²) in [5.41, 5.74) is 1.26. The fourth-order valence-corrected chi connectivity index (χ4v) is 3.33. The molecule has 0 radical (unpaired) electrons. The molecule has 0 saturated heterocycles. The van der Waals surface area contributed by atoms with E-state index in [1.807, 2.05) is 0 Å². The number of aromatic nitrogens is 4. The quantitative estimate of drug-likeness (QED) is 0.573. The summed E-state index contributed by atoms with van der Waals surface area (Å²) in [7, 11) is 0. The Labute approximate surface area is 169 Å². The minimum Gasteiger partial charge on any atom is -0.406 e. The van der Waals surface area contributed by atoms with Crippen LogP contribution in [-0.2, 0) is 0 Å². The topological polar surface area (TPSA) is 105 Å². The van der Waals surface area contributed by atoms with Crippen LogP contribution in [0.15, 0.2) is 36.8 Å². The van der Waals surface area contributed by atoms with Crippen molar-refractivity contribution >= 4 is 28.5 Å². The zero-order valence-electron chi connectivity index (χ0n) is 15.7. The van der Waals surface area contributed by atoms with Gasteiger partial charge in [0.15, 0.2) is 5.82 Å². The van der Waals surface area contributed by atoms with E-state index in [-0.39, 0.29) is 17.9 Å². The number of aliphatic hydroxyl groups excluding tert-OH is 1. The molecule has 0 aliphatic heterocycles. The van der Waals surface area contributed by atoms with Gasteiger partial charge in [0, 0.05) is 17.8 Å². The molecular weight excluding hydrogens is 401 g/mol. The number of hydrogen-bond acceptors (Lipinski definition) is 8. The summed E-state index contributed by atoms with van der Waals surface area (Å²) in [6.45, 7) is 0. The highest BCUT2D eigenvalue weighted by molar-refractivity contribution is 5.87. The van der Waals surface area contributed by atoms with Crippen molar-refractivity contribution in [3.05, 3.63) is 36.8 Å². The molecule has 3 aromatic rings. The molecule has 11 heteroatoms. The molecule has 3 N–H and O–H groups in total. The maximum absolute atomic E-state index is 12.5. The number of halogens is 3. The van der Waals surface area contributed by atoms with Crippen molar-refractivity contribution in [2.45, 2.75) is 44.2 Å². The Morgan fingerprint density at radius 3 is 2.63 bits per heavy atom. The molecule has 1 aliphatic rings. The minimum atomic E-state index is -4.77. The highest BCUT2D eigenvalue weighted by Gasteiger charge is 2.31.